The zero-order valence-corrected chi connectivity index (χ0v) is 9.41. The maximum absolute atomic E-state index is 10.2. The number of fused-ring (bicyclic) bond motifs is 1. The number of hydrogen-bond acceptors (Lipinski definition) is 4. The SMILES string of the molecule is OC(c1nc2c(o1)CCC2)C1CCNCC1. The van der Waals surface area contributed by atoms with Crippen molar-refractivity contribution in [1.29, 1.82) is 0 Å². The van der Waals surface area contributed by atoms with Crippen LogP contribution in [0.4, 0.5) is 0 Å². The lowest BCUT2D eigenvalue weighted by Gasteiger charge is -2.25. The first-order chi connectivity index (χ1) is 7.84. The highest BCUT2D eigenvalue weighted by Crippen LogP contribution is 2.31. The van der Waals surface area contributed by atoms with Gasteiger partial charge in [-0.05, 0) is 44.7 Å². The second kappa shape index (κ2) is 4.18. The fraction of sp³-hybridized carbons (Fsp3) is 0.750. The van der Waals surface area contributed by atoms with Gasteiger partial charge in [-0.15, -0.1) is 0 Å². The topological polar surface area (TPSA) is 58.3 Å². The van der Waals surface area contributed by atoms with Gasteiger partial charge in [0.15, 0.2) is 0 Å². The van der Waals surface area contributed by atoms with Crippen LogP contribution in [0.15, 0.2) is 4.42 Å². The van der Waals surface area contributed by atoms with Crippen molar-refractivity contribution < 1.29 is 9.52 Å². The van der Waals surface area contributed by atoms with E-state index in [-0.39, 0.29) is 0 Å². The van der Waals surface area contributed by atoms with E-state index in [9.17, 15) is 5.11 Å². The van der Waals surface area contributed by atoms with Gasteiger partial charge in [-0.3, -0.25) is 0 Å². The summed E-state index contributed by atoms with van der Waals surface area (Å²) >= 11 is 0. The van der Waals surface area contributed by atoms with Gasteiger partial charge < -0.3 is 14.8 Å². The zero-order chi connectivity index (χ0) is 11.0. The van der Waals surface area contributed by atoms with Gasteiger partial charge in [-0.2, -0.15) is 0 Å². The highest BCUT2D eigenvalue weighted by Gasteiger charge is 2.29. The molecule has 0 saturated carbocycles. The predicted molar refractivity (Wildman–Crippen MR) is 59.1 cm³/mol. The van der Waals surface area contributed by atoms with E-state index >= 15 is 0 Å². The Morgan fingerprint density at radius 3 is 2.88 bits per heavy atom. The standard InChI is InChI=1S/C12H18N2O2/c15-11(8-4-6-13-7-5-8)12-14-9-2-1-3-10(9)16-12/h8,11,13,15H,1-7H2. The van der Waals surface area contributed by atoms with Crippen LogP contribution < -0.4 is 5.32 Å². The van der Waals surface area contributed by atoms with Crippen LogP contribution in [0, 0.1) is 5.92 Å². The number of nitrogens with one attached hydrogen (secondary N) is 1. The van der Waals surface area contributed by atoms with Crippen molar-refractivity contribution in [2.75, 3.05) is 13.1 Å². The first-order valence-electron chi connectivity index (χ1n) is 6.22. The molecule has 1 aromatic heterocycles. The molecule has 1 aromatic rings. The summed E-state index contributed by atoms with van der Waals surface area (Å²) in [6.07, 6.45) is 4.65. The quantitative estimate of drug-likeness (QED) is 0.789. The fourth-order valence-electron chi connectivity index (χ4n) is 2.70. The molecule has 88 valence electrons. The number of aliphatic hydroxyl groups excluding tert-OH is 1. The molecule has 2 heterocycles. The summed E-state index contributed by atoms with van der Waals surface area (Å²) in [5, 5.41) is 13.5. The van der Waals surface area contributed by atoms with E-state index in [4.69, 9.17) is 4.42 Å². The molecule has 1 unspecified atom stereocenters. The average molecular weight is 222 g/mol. The number of hydrogen-bond donors (Lipinski definition) is 2. The Hall–Kier alpha value is -0.870. The maximum atomic E-state index is 10.2. The predicted octanol–water partition coefficient (Wildman–Crippen LogP) is 1.20. The number of nitrogens with zero attached hydrogens (tertiary/aromatic N) is 1. The van der Waals surface area contributed by atoms with Gasteiger partial charge in [-0.25, -0.2) is 4.98 Å². The largest absolute Gasteiger partial charge is 0.443 e. The van der Waals surface area contributed by atoms with E-state index in [1.165, 1.54) is 0 Å². The van der Waals surface area contributed by atoms with Crippen LogP contribution in [0.25, 0.3) is 0 Å². The Labute approximate surface area is 95.1 Å². The number of aromatic nitrogens is 1. The normalized spacial score (nSPS) is 23.3. The lowest BCUT2D eigenvalue weighted by atomic mass is 9.92. The number of aryl methyl sites for hydroxylation is 2. The minimum atomic E-state index is -0.507. The Morgan fingerprint density at radius 1 is 1.31 bits per heavy atom. The van der Waals surface area contributed by atoms with Crippen LogP contribution >= 0.6 is 0 Å². The molecule has 1 aliphatic carbocycles. The molecule has 0 amide bonds. The molecule has 0 spiro atoms. The Bertz CT molecular complexity index is 348. The molecule has 4 nitrogen and oxygen atoms in total. The van der Waals surface area contributed by atoms with Crippen molar-refractivity contribution in [3.05, 3.63) is 17.3 Å². The van der Waals surface area contributed by atoms with Gasteiger partial charge in [0.05, 0.1) is 5.69 Å². The molecule has 2 aliphatic rings. The molecule has 1 atom stereocenters. The van der Waals surface area contributed by atoms with Gasteiger partial charge >= 0.3 is 0 Å². The van der Waals surface area contributed by atoms with E-state index in [1.807, 2.05) is 0 Å². The number of oxazole rings is 1. The molecule has 0 bridgehead atoms. The molecule has 1 aliphatic heterocycles. The average Bonchev–Trinajstić information content (AvgIpc) is 2.89. The second-order valence-electron chi connectivity index (χ2n) is 4.81. The van der Waals surface area contributed by atoms with Crippen LogP contribution in [0.3, 0.4) is 0 Å². The van der Waals surface area contributed by atoms with Gasteiger partial charge in [0.2, 0.25) is 5.89 Å². The van der Waals surface area contributed by atoms with E-state index in [1.54, 1.807) is 0 Å². The molecule has 0 radical (unpaired) electrons. The number of rotatable bonds is 2. The summed E-state index contributed by atoms with van der Waals surface area (Å²) in [4.78, 5) is 4.43. The number of piperidine rings is 1. The van der Waals surface area contributed by atoms with Crippen molar-refractivity contribution >= 4 is 0 Å². The van der Waals surface area contributed by atoms with Crippen molar-refractivity contribution in [3.8, 4) is 0 Å². The van der Waals surface area contributed by atoms with Gasteiger partial charge in [0.1, 0.15) is 11.9 Å². The van der Waals surface area contributed by atoms with Crippen LogP contribution in [-0.2, 0) is 12.8 Å². The molecule has 4 heteroatoms. The van der Waals surface area contributed by atoms with Crippen LogP contribution in [0.2, 0.25) is 0 Å². The molecular formula is C12H18N2O2. The summed E-state index contributed by atoms with van der Waals surface area (Å²) < 4.78 is 5.66. The first-order valence-corrected chi connectivity index (χ1v) is 6.22. The van der Waals surface area contributed by atoms with E-state index in [0.717, 1.165) is 56.6 Å². The van der Waals surface area contributed by atoms with Gasteiger partial charge in [-0.1, -0.05) is 0 Å². The molecular weight excluding hydrogens is 204 g/mol. The smallest absolute Gasteiger partial charge is 0.223 e. The van der Waals surface area contributed by atoms with E-state index < -0.39 is 6.10 Å². The maximum Gasteiger partial charge on any atom is 0.223 e. The second-order valence-corrected chi connectivity index (χ2v) is 4.81. The molecule has 2 N–H and O–H groups in total. The summed E-state index contributed by atoms with van der Waals surface area (Å²) in [5.74, 6) is 1.86. The third-order valence-corrected chi connectivity index (χ3v) is 3.70. The molecule has 1 fully saturated rings. The van der Waals surface area contributed by atoms with Gasteiger partial charge in [0, 0.05) is 6.42 Å². The zero-order valence-electron chi connectivity index (χ0n) is 9.41. The van der Waals surface area contributed by atoms with Gasteiger partial charge in [0.25, 0.3) is 0 Å². The van der Waals surface area contributed by atoms with Crippen molar-refractivity contribution in [2.24, 2.45) is 5.92 Å². The molecule has 3 rings (SSSR count). The molecule has 1 saturated heterocycles. The minimum absolute atomic E-state index is 0.306. The number of aliphatic hydroxyl groups is 1. The van der Waals surface area contributed by atoms with Crippen LogP contribution in [0.1, 0.15) is 42.7 Å². The molecule has 16 heavy (non-hydrogen) atoms. The Balaban J connectivity index is 1.75. The lowest BCUT2D eigenvalue weighted by molar-refractivity contribution is 0.0630. The molecule has 0 aromatic carbocycles. The lowest BCUT2D eigenvalue weighted by Crippen LogP contribution is -2.31. The highest BCUT2D eigenvalue weighted by molar-refractivity contribution is 5.16. The van der Waals surface area contributed by atoms with E-state index in [2.05, 4.69) is 10.3 Å². The van der Waals surface area contributed by atoms with Crippen LogP contribution in [0.5, 0.6) is 0 Å². The van der Waals surface area contributed by atoms with Crippen molar-refractivity contribution in [2.45, 2.75) is 38.2 Å². The fourth-order valence-corrected chi connectivity index (χ4v) is 2.70. The summed E-state index contributed by atoms with van der Waals surface area (Å²) in [6.45, 7) is 1.98. The third-order valence-electron chi connectivity index (χ3n) is 3.70. The monoisotopic (exact) mass is 222 g/mol. The van der Waals surface area contributed by atoms with E-state index in [0.29, 0.717) is 11.8 Å². The summed E-state index contributed by atoms with van der Waals surface area (Å²) in [6, 6.07) is 0. The summed E-state index contributed by atoms with van der Waals surface area (Å²) in [5.41, 5.74) is 1.07. The Kier molecular flexibility index (Phi) is 2.69. The minimum Gasteiger partial charge on any atom is -0.443 e. The first kappa shape index (κ1) is 10.3. The summed E-state index contributed by atoms with van der Waals surface area (Å²) in [7, 11) is 0. The van der Waals surface area contributed by atoms with Crippen LogP contribution in [-0.4, -0.2) is 23.2 Å². The van der Waals surface area contributed by atoms with Crippen molar-refractivity contribution in [1.82, 2.24) is 10.3 Å². The highest BCUT2D eigenvalue weighted by atomic mass is 16.4. The van der Waals surface area contributed by atoms with Crippen molar-refractivity contribution in [3.63, 3.8) is 0 Å². The third kappa shape index (κ3) is 1.76. The Morgan fingerprint density at radius 2 is 2.12 bits per heavy atom.